The van der Waals surface area contributed by atoms with E-state index in [0.717, 1.165) is 38.4 Å². The summed E-state index contributed by atoms with van der Waals surface area (Å²) in [7, 11) is 1.77. The number of nitrogens with zero attached hydrogens (tertiary/aromatic N) is 3. The van der Waals surface area contributed by atoms with E-state index in [4.69, 9.17) is 0 Å². The minimum absolute atomic E-state index is 0.136. The van der Waals surface area contributed by atoms with Gasteiger partial charge in [0.2, 0.25) is 0 Å². The third-order valence-electron chi connectivity index (χ3n) is 6.22. The maximum absolute atomic E-state index is 12.5. The molecule has 31 heavy (non-hydrogen) atoms. The van der Waals surface area contributed by atoms with Gasteiger partial charge in [-0.05, 0) is 44.7 Å². The normalized spacial score (nSPS) is 24.9. The number of hydrogen-bond acceptors (Lipinski definition) is 4. The van der Waals surface area contributed by atoms with Crippen molar-refractivity contribution in [3.63, 3.8) is 0 Å². The SMILES string of the molecule is CCC1(C)NC(=O)N(CCCNC(=NC)NC2CCCN(Cc3ccccc3)C2)C1=O. The Labute approximate surface area is 185 Å². The van der Waals surface area contributed by atoms with Crippen LogP contribution in [0.25, 0.3) is 0 Å². The fourth-order valence-corrected chi connectivity index (χ4v) is 4.18. The Morgan fingerprint density at radius 2 is 2.06 bits per heavy atom. The summed E-state index contributed by atoms with van der Waals surface area (Å²) in [5.74, 6) is 0.630. The first-order valence-corrected chi connectivity index (χ1v) is 11.3. The number of hydrogen-bond donors (Lipinski definition) is 3. The van der Waals surface area contributed by atoms with Crippen LogP contribution in [0.5, 0.6) is 0 Å². The number of guanidine groups is 1. The first-order valence-electron chi connectivity index (χ1n) is 11.3. The lowest BCUT2D eigenvalue weighted by molar-refractivity contribution is -0.130. The zero-order valence-corrected chi connectivity index (χ0v) is 19.0. The Morgan fingerprint density at radius 1 is 1.29 bits per heavy atom. The van der Waals surface area contributed by atoms with Crippen LogP contribution in [0.3, 0.4) is 0 Å². The van der Waals surface area contributed by atoms with Gasteiger partial charge in [0, 0.05) is 39.3 Å². The molecule has 2 atom stereocenters. The first kappa shape index (κ1) is 23.1. The molecule has 1 aromatic rings. The van der Waals surface area contributed by atoms with Crippen molar-refractivity contribution in [2.24, 2.45) is 4.99 Å². The molecule has 3 amide bonds. The van der Waals surface area contributed by atoms with Gasteiger partial charge in [-0.15, -0.1) is 0 Å². The number of nitrogens with one attached hydrogen (secondary N) is 3. The van der Waals surface area contributed by atoms with Crippen molar-refractivity contribution >= 4 is 17.9 Å². The van der Waals surface area contributed by atoms with E-state index in [1.807, 2.05) is 13.0 Å². The molecule has 0 bridgehead atoms. The molecular formula is C23H36N6O2. The molecule has 0 radical (unpaired) electrons. The van der Waals surface area contributed by atoms with Gasteiger partial charge in [0.15, 0.2) is 5.96 Å². The van der Waals surface area contributed by atoms with Crippen LogP contribution in [-0.4, -0.2) is 72.5 Å². The molecule has 2 unspecified atom stereocenters. The fraction of sp³-hybridized carbons (Fsp3) is 0.609. The van der Waals surface area contributed by atoms with E-state index < -0.39 is 5.54 Å². The van der Waals surface area contributed by atoms with Crippen LogP contribution in [0.2, 0.25) is 0 Å². The molecule has 2 aliphatic heterocycles. The van der Waals surface area contributed by atoms with Gasteiger partial charge in [-0.1, -0.05) is 37.3 Å². The quantitative estimate of drug-likeness (QED) is 0.255. The van der Waals surface area contributed by atoms with E-state index in [2.05, 4.69) is 50.1 Å². The summed E-state index contributed by atoms with van der Waals surface area (Å²) in [5.41, 5.74) is 0.569. The van der Waals surface area contributed by atoms with E-state index in [1.54, 1.807) is 14.0 Å². The van der Waals surface area contributed by atoms with Gasteiger partial charge in [0.1, 0.15) is 5.54 Å². The van der Waals surface area contributed by atoms with Gasteiger partial charge in [0.25, 0.3) is 5.91 Å². The number of carbonyl (C=O) groups is 2. The molecule has 3 N–H and O–H groups in total. The van der Waals surface area contributed by atoms with Crippen LogP contribution >= 0.6 is 0 Å². The van der Waals surface area contributed by atoms with Crippen molar-refractivity contribution in [1.82, 2.24) is 25.8 Å². The minimum atomic E-state index is -0.769. The van der Waals surface area contributed by atoms with Gasteiger partial charge < -0.3 is 16.0 Å². The molecule has 0 aromatic heterocycles. The number of benzene rings is 1. The van der Waals surface area contributed by atoms with Crippen molar-refractivity contribution in [3.05, 3.63) is 35.9 Å². The number of amides is 3. The topological polar surface area (TPSA) is 89.1 Å². The Bertz CT molecular complexity index is 784. The molecule has 1 aromatic carbocycles. The van der Waals surface area contributed by atoms with Crippen molar-refractivity contribution < 1.29 is 9.59 Å². The summed E-state index contributed by atoms with van der Waals surface area (Å²) >= 11 is 0. The number of piperidine rings is 1. The van der Waals surface area contributed by atoms with Crippen molar-refractivity contribution in [1.29, 1.82) is 0 Å². The molecule has 2 aliphatic rings. The van der Waals surface area contributed by atoms with Crippen molar-refractivity contribution in [2.75, 3.05) is 33.2 Å². The lowest BCUT2D eigenvalue weighted by atomic mass is 9.99. The molecule has 2 saturated heterocycles. The summed E-state index contributed by atoms with van der Waals surface area (Å²) in [6.45, 7) is 7.79. The highest BCUT2D eigenvalue weighted by molar-refractivity contribution is 6.06. The molecule has 3 rings (SSSR count). The van der Waals surface area contributed by atoms with Gasteiger partial charge >= 0.3 is 6.03 Å². The molecule has 2 fully saturated rings. The first-order chi connectivity index (χ1) is 14.9. The predicted octanol–water partition coefficient (Wildman–Crippen LogP) is 1.93. The second-order valence-corrected chi connectivity index (χ2v) is 8.63. The van der Waals surface area contributed by atoms with Crippen LogP contribution in [0, 0.1) is 0 Å². The molecule has 170 valence electrons. The average molecular weight is 429 g/mol. The van der Waals surface area contributed by atoms with Crippen LogP contribution < -0.4 is 16.0 Å². The maximum Gasteiger partial charge on any atom is 0.325 e. The standard InChI is InChI=1S/C23H36N6O2/c1-4-23(2)20(30)29(22(31)27-23)15-9-13-25-21(24-3)26-19-12-8-14-28(17-19)16-18-10-6-5-7-11-18/h5-7,10-11,19H,4,8-9,12-17H2,1-3H3,(H,27,31)(H2,24,25,26). The Balaban J connectivity index is 1.40. The molecule has 2 heterocycles. The molecular weight excluding hydrogens is 392 g/mol. The number of aliphatic imine (C=N–C) groups is 1. The van der Waals surface area contributed by atoms with Gasteiger partial charge in [-0.2, -0.15) is 0 Å². The average Bonchev–Trinajstić information content (AvgIpc) is 3.00. The molecule has 0 spiro atoms. The fourth-order valence-electron chi connectivity index (χ4n) is 4.18. The lowest BCUT2D eigenvalue weighted by Gasteiger charge is -2.34. The minimum Gasteiger partial charge on any atom is -0.356 e. The third kappa shape index (κ3) is 5.97. The summed E-state index contributed by atoms with van der Waals surface area (Å²) in [5, 5.41) is 9.64. The van der Waals surface area contributed by atoms with E-state index in [0.29, 0.717) is 32.0 Å². The highest BCUT2D eigenvalue weighted by Crippen LogP contribution is 2.20. The second-order valence-electron chi connectivity index (χ2n) is 8.63. The van der Waals surface area contributed by atoms with Gasteiger partial charge in [-0.3, -0.25) is 19.6 Å². The number of likely N-dealkylation sites (tertiary alicyclic amines) is 1. The van der Waals surface area contributed by atoms with Crippen LogP contribution in [-0.2, 0) is 11.3 Å². The van der Waals surface area contributed by atoms with Crippen molar-refractivity contribution in [3.8, 4) is 0 Å². The molecule has 8 nitrogen and oxygen atoms in total. The monoisotopic (exact) mass is 428 g/mol. The van der Waals surface area contributed by atoms with E-state index in [-0.39, 0.29) is 11.9 Å². The zero-order valence-electron chi connectivity index (χ0n) is 19.0. The smallest absolute Gasteiger partial charge is 0.325 e. The Kier molecular flexibility index (Phi) is 7.90. The maximum atomic E-state index is 12.5. The number of urea groups is 1. The van der Waals surface area contributed by atoms with Crippen molar-refractivity contribution in [2.45, 2.75) is 57.7 Å². The Hall–Kier alpha value is -2.61. The summed E-state index contributed by atoms with van der Waals surface area (Å²) < 4.78 is 0. The molecule has 0 aliphatic carbocycles. The molecule has 0 saturated carbocycles. The highest BCUT2D eigenvalue weighted by Gasteiger charge is 2.45. The lowest BCUT2D eigenvalue weighted by Crippen LogP contribution is -2.51. The van der Waals surface area contributed by atoms with Crippen LogP contribution in [0.4, 0.5) is 4.79 Å². The number of carbonyl (C=O) groups excluding carboxylic acids is 2. The summed E-state index contributed by atoms with van der Waals surface area (Å²) in [6, 6.07) is 10.6. The van der Waals surface area contributed by atoms with E-state index in [9.17, 15) is 9.59 Å². The van der Waals surface area contributed by atoms with Gasteiger partial charge in [-0.25, -0.2) is 4.79 Å². The van der Waals surface area contributed by atoms with E-state index in [1.165, 1.54) is 10.5 Å². The second kappa shape index (κ2) is 10.6. The predicted molar refractivity (Wildman–Crippen MR) is 123 cm³/mol. The summed E-state index contributed by atoms with van der Waals surface area (Å²) in [4.78, 5) is 32.7. The highest BCUT2D eigenvalue weighted by atomic mass is 16.2. The van der Waals surface area contributed by atoms with Crippen LogP contribution in [0.15, 0.2) is 35.3 Å². The zero-order chi connectivity index (χ0) is 22.3. The van der Waals surface area contributed by atoms with Gasteiger partial charge in [0.05, 0.1) is 0 Å². The third-order valence-corrected chi connectivity index (χ3v) is 6.22. The molecule has 8 heteroatoms. The van der Waals surface area contributed by atoms with E-state index >= 15 is 0 Å². The Morgan fingerprint density at radius 3 is 2.74 bits per heavy atom. The number of imide groups is 1. The summed E-state index contributed by atoms with van der Waals surface area (Å²) in [6.07, 6.45) is 3.53. The number of rotatable bonds is 8. The largest absolute Gasteiger partial charge is 0.356 e. The van der Waals surface area contributed by atoms with Crippen LogP contribution in [0.1, 0.15) is 45.1 Å².